The highest BCUT2D eigenvalue weighted by Crippen LogP contribution is 2.27. The van der Waals surface area contributed by atoms with Gasteiger partial charge in [-0.3, -0.25) is 9.58 Å². The maximum Gasteiger partial charge on any atom is 0.0678 e. The molecule has 3 heterocycles. The third-order valence-electron chi connectivity index (χ3n) is 6.11. The Morgan fingerprint density at radius 3 is 2.32 bits per heavy atom. The van der Waals surface area contributed by atoms with Crippen LogP contribution in [0.5, 0.6) is 0 Å². The minimum atomic E-state index is 0.529. The molecule has 0 saturated carbocycles. The molecule has 0 spiro atoms. The van der Waals surface area contributed by atoms with Crippen molar-refractivity contribution in [3.63, 3.8) is 0 Å². The lowest BCUT2D eigenvalue weighted by atomic mass is 10.0. The first-order chi connectivity index (χ1) is 13.4. The summed E-state index contributed by atoms with van der Waals surface area (Å²) in [5.41, 5.74) is 8.60. The molecule has 2 aromatic heterocycles. The molecular weight excluding hydrogens is 346 g/mol. The summed E-state index contributed by atoms with van der Waals surface area (Å²) in [4.78, 5) is 2.57. The number of hydrogen-bond donors (Lipinski definition) is 0. The molecule has 0 unspecified atom stereocenters. The number of aryl methyl sites for hydroxylation is 4. The molecule has 1 aliphatic rings. The highest BCUT2D eigenvalue weighted by molar-refractivity contribution is 5.42. The van der Waals surface area contributed by atoms with Crippen LogP contribution in [0.1, 0.15) is 52.8 Å². The molecule has 148 valence electrons. The molecule has 5 heteroatoms. The van der Waals surface area contributed by atoms with Crippen LogP contribution in [0.2, 0.25) is 0 Å². The standard InChI is InChI=1S/C23H31N5/c1-16-8-6-7-9-23(16)28-20(5)22(19(4)25-28)15-26-12-10-21(11-13-26)27-18(3)14-17(2)24-27/h6-9,14,21H,10-13,15H2,1-5H3. The third-order valence-corrected chi connectivity index (χ3v) is 6.11. The van der Waals surface area contributed by atoms with E-state index in [0.29, 0.717) is 6.04 Å². The van der Waals surface area contributed by atoms with E-state index in [4.69, 9.17) is 10.2 Å². The molecule has 3 aromatic rings. The van der Waals surface area contributed by atoms with Crippen molar-refractivity contribution in [2.75, 3.05) is 13.1 Å². The van der Waals surface area contributed by atoms with E-state index in [9.17, 15) is 0 Å². The normalized spacial score (nSPS) is 16.0. The molecular formula is C23H31N5. The maximum absolute atomic E-state index is 4.86. The predicted molar refractivity (Wildman–Crippen MR) is 113 cm³/mol. The van der Waals surface area contributed by atoms with Gasteiger partial charge in [0.1, 0.15) is 0 Å². The minimum Gasteiger partial charge on any atom is -0.299 e. The van der Waals surface area contributed by atoms with E-state index in [0.717, 1.165) is 43.9 Å². The zero-order valence-electron chi connectivity index (χ0n) is 17.7. The average Bonchev–Trinajstić information content (AvgIpc) is 3.15. The van der Waals surface area contributed by atoms with Gasteiger partial charge in [0.15, 0.2) is 0 Å². The molecule has 0 bridgehead atoms. The largest absolute Gasteiger partial charge is 0.299 e. The highest BCUT2D eigenvalue weighted by atomic mass is 15.3. The minimum absolute atomic E-state index is 0.529. The lowest BCUT2D eigenvalue weighted by Crippen LogP contribution is -2.35. The summed E-state index contributed by atoms with van der Waals surface area (Å²) in [6.07, 6.45) is 2.32. The van der Waals surface area contributed by atoms with Gasteiger partial charge in [-0.15, -0.1) is 0 Å². The summed E-state index contributed by atoms with van der Waals surface area (Å²) >= 11 is 0. The summed E-state index contributed by atoms with van der Waals surface area (Å²) in [5, 5.41) is 9.56. The van der Waals surface area contributed by atoms with E-state index in [-0.39, 0.29) is 0 Å². The number of piperidine rings is 1. The molecule has 5 nitrogen and oxygen atoms in total. The zero-order chi connectivity index (χ0) is 19.8. The summed E-state index contributed by atoms with van der Waals surface area (Å²) in [6, 6.07) is 11.2. The van der Waals surface area contributed by atoms with Gasteiger partial charge in [0.25, 0.3) is 0 Å². The van der Waals surface area contributed by atoms with E-state index in [1.54, 1.807) is 0 Å². The van der Waals surface area contributed by atoms with Crippen LogP contribution >= 0.6 is 0 Å². The van der Waals surface area contributed by atoms with E-state index in [1.807, 2.05) is 0 Å². The van der Waals surface area contributed by atoms with Gasteiger partial charge in [-0.1, -0.05) is 18.2 Å². The van der Waals surface area contributed by atoms with Crippen LogP contribution in [-0.4, -0.2) is 37.6 Å². The van der Waals surface area contributed by atoms with Crippen molar-refractivity contribution in [2.24, 2.45) is 0 Å². The monoisotopic (exact) mass is 377 g/mol. The second kappa shape index (κ2) is 7.55. The fourth-order valence-electron chi connectivity index (χ4n) is 4.50. The molecule has 0 amide bonds. The van der Waals surface area contributed by atoms with Crippen molar-refractivity contribution in [1.82, 2.24) is 24.5 Å². The number of rotatable bonds is 4. The second-order valence-electron chi connectivity index (χ2n) is 8.23. The Balaban J connectivity index is 1.47. The SMILES string of the molecule is Cc1cc(C)n(C2CCN(Cc3c(C)nn(-c4ccccc4C)c3C)CC2)n1. The van der Waals surface area contributed by atoms with Crippen LogP contribution in [0.25, 0.3) is 5.69 Å². The molecule has 0 aliphatic carbocycles. The van der Waals surface area contributed by atoms with Crippen molar-refractivity contribution >= 4 is 0 Å². The lowest BCUT2D eigenvalue weighted by molar-refractivity contribution is 0.171. The molecule has 1 fully saturated rings. The first-order valence-corrected chi connectivity index (χ1v) is 10.3. The predicted octanol–water partition coefficient (Wildman–Crippen LogP) is 4.45. The van der Waals surface area contributed by atoms with Gasteiger partial charge in [-0.25, -0.2) is 4.68 Å². The summed E-state index contributed by atoms with van der Waals surface area (Å²) in [6.45, 7) is 13.9. The topological polar surface area (TPSA) is 38.9 Å². The maximum atomic E-state index is 4.86. The number of para-hydroxylation sites is 1. The van der Waals surface area contributed by atoms with Gasteiger partial charge in [0.2, 0.25) is 0 Å². The molecule has 1 aromatic carbocycles. The number of likely N-dealkylation sites (tertiary alicyclic amines) is 1. The van der Waals surface area contributed by atoms with Crippen LogP contribution in [0, 0.1) is 34.6 Å². The van der Waals surface area contributed by atoms with Crippen molar-refractivity contribution in [3.8, 4) is 5.69 Å². The van der Waals surface area contributed by atoms with Crippen LogP contribution in [-0.2, 0) is 6.54 Å². The van der Waals surface area contributed by atoms with Crippen molar-refractivity contribution in [2.45, 2.75) is 60.0 Å². The second-order valence-corrected chi connectivity index (χ2v) is 8.23. The molecule has 0 radical (unpaired) electrons. The van der Waals surface area contributed by atoms with E-state index >= 15 is 0 Å². The van der Waals surface area contributed by atoms with Gasteiger partial charge in [-0.2, -0.15) is 10.2 Å². The van der Waals surface area contributed by atoms with Crippen LogP contribution in [0.15, 0.2) is 30.3 Å². The van der Waals surface area contributed by atoms with Crippen LogP contribution in [0.4, 0.5) is 0 Å². The van der Waals surface area contributed by atoms with Gasteiger partial charge in [-0.05, 0) is 65.2 Å². The van der Waals surface area contributed by atoms with Gasteiger partial charge < -0.3 is 0 Å². The Labute approximate surface area is 168 Å². The molecule has 4 rings (SSSR count). The Kier molecular flexibility index (Phi) is 5.11. The smallest absolute Gasteiger partial charge is 0.0678 e. The molecule has 0 atom stereocenters. The summed E-state index contributed by atoms with van der Waals surface area (Å²) < 4.78 is 4.35. The van der Waals surface area contributed by atoms with Crippen molar-refractivity contribution < 1.29 is 0 Å². The fourth-order valence-corrected chi connectivity index (χ4v) is 4.50. The number of hydrogen-bond acceptors (Lipinski definition) is 3. The molecule has 28 heavy (non-hydrogen) atoms. The van der Waals surface area contributed by atoms with Crippen LogP contribution < -0.4 is 0 Å². The summed E-state index contributed by atoms with van der Waals surface area (Å²) in [7, 11) is 0. The first-order valence-electron chi connectivity index (χ1n) is 10.3. The molecule has 1 saturated heterocycles. The fraction of sp³-hybridized carbons (Fsp3) is 0.478. The van der Waals surface area contributed by atoms with E-state index < -0.39 is 0 Å². The molecule has 0 N–H and O–H groups in total. The number of aromatic nitrogens is 4. The molecule has 1 aliphatic heterocycles. The highest BCUT2D eigenvalue weighted by Gasteiger charge is 2.24. The van der Waals surface area contributed by atoms with Crippen molar-refractivity contribution in [1.29, 1.82) is 0 Å². The van der Waals surface area contributed by atoms with E-state index in [2.05, 4.69) is 79.2 Å². The number of benzene rings is 1. The van der Waals surface area contributed by atoms with Crippen molar-refractivity contribution in [3.05, 3.63) is 64.2 Å². The van der Waals surface area contributed by atoms with Gasteiger partial charge in [0, 0.05) is 36.6 Å². The quantitative estimate of drug-likeness (QED) is 0.674. The van der Waals surface area contributed by atoms with Crippen LogP contribution in [0.3, 0.4) is 0 Å². The third kappa shape index (κ3) is 3.51. The Morgan fingerprint density at radius 2 is 1.68 bits per heavy atom. The average molecular weight is 378 g/mol. The Bertz CT molecular complexity index is 973. The first kappa shape index (κ1) is 18.9. The van der Waals surface area contributed by atoms with E-state index in [1.165, 1.54) is 28.2 Å². The Morgan fingerprint density at radius 1 is 0.964 bits per heavy atom. The lowest BCUT2D eigenvalue weighted by Gasteiger charge is -2.32. The van der Waals surface area contributed by atoms with Gasteiger partial charge in [0.05, 0.1) is 23.1 Å². The zero-order valence-corrected chi connectivity index (χ0v) is 17.7. The Hall–Kier alpha value is -2.40. The van der Waals surface area contributed by atoms with Gasteiger partial charge >= 0.3 is 0 Å². The summed E-state index contributed by atoms with van der Waals surface area (Å²) in [5.74, 6) is 0. The number of nitrogens with zero attached hydrogens (tertiary/aromatic N) is 5.